The summed E-state index contributed by atoms with van der Waals surface area (Å²) in [4.78, 5) is 0. The monoisotopic (exact) mass is 160 g/mol. The van der Waals surface area contributed by atoms with E-state index in [0.29, 0.717) is 6.61 Å². The third kappa shape index (κ3) is 2.77. The molecule has 0 aliphatic heterocycles. The minimum atomic E-state index is -0.106. The fourth-order valence-electron chi connectivity index (χ4n) is 0.844. The van der Waals surface area contributed by atoms with Crippen LogP contribution in [0, 0.1) is 12.3 Å². The first-order valence-corrected chi connectivity index (χ1v) is 3.94. The molecular weight excluding hydrogens is 148 g/mol. The molecule has 1 atom stereocenters. The second-order valence-electron chi connectivity index (χ2n) is 2.61. The summed E-state index contributed by atoms with van der Waals surface area (Å²) < 4.78 is 5.34. The first-order valence-electron chi connectivity index (χ1n) is 3.94. The molecule has 0 saturated heterocycles. The highest BCUT2D eigenvalue weighted by molar-refractivity contribution is 5.13. The van der Waals surface area contributed by atoms with Crippen LogP contribution in [0.25, 0.3) is 0 Å². The summed E-state index contributed by atoms with van der Waals surface area (Å²) in [5.74, 6) is 2.51. The van der Waals surface area contributed by atoms with Gasteiger partial charge in [-0.15, -0.1) is 6.42 Å². The Morgan fingerprint density at radius 2 is 2.08 bits per heavy atom. The van der Waals surface area contributed by atoms with Crippen LogP contribution in [0.15, 0.2) is 30.3 Å². The van der Waals surface area contributed by atoms with Crippen LogP contribution in [0.3, 0.4) is 0 Å². The fourth-order valence-corrected chi connectivity index (χ4v) is 0.844. The van der Waals surface area contributed by atoms with Gasteiger partial charge in [-0.05, 0) is 12.5 Å². The van der Waals surface area contributed by atoms with Gasteiger partial charge in [-0.1, -0.05) is 36.3 Å². The maximum absolute atomic E-state index is 5.34. The lowest BCUT2D eigenvalue weighted by molar-refractivity contribution is 0.0902. The van der Waals surface area contributed by atoms with Crippen molar-refractivity contribution in [2.75, 3.05) is 0 Å². The van der Waals surface area contributed by atoms with Gasteiger partial charge in [0.25, 0.3) is 0 Å². The molecule has 1 heteroatoms. The largest absolute Gasteiger partial charge is 0.361 e. The Bertz CT molecular complexity index is 258. The second kappa shape index (κ2) is 4.58. The highest BCUT2D eigenvalue weighted by atomic mass is 16.5. The summed E-state index contributed by atoms with van der Waals surface area (Å²) >= 11 is 0. The van der Waals surface area contributed by atoms with Crippen LogP contribution >= 0.6 is 0 Å². The average Bonchev–Trinajstić information content (AvgIpc) is 2.16. The highest BCUT2D eigenvalue weighted by Gasteiger charge is 1.96. The van der Waals surface area contributed by atoms with Crippen LogP contribution in [0.1, 0.15) is 12.5 Å². The number of hydrogen-bond donors (Lipinski definition) is 0. The van der Waals surface area contributed by atoms with Crippen LogP contribution < -0.4 is 0 Å². The molecule has 0 N–H and O–H groups in total. The van der Waals surface area contributed by atoms with Crippen molar-refractivity contribution in [3.63, 3.8) is 0 Å². The predicted molar refractivity (Wildman–Crippen MR) is 49.5 cm³/mol. The zero-order valence-electron chi connectivity index (χ0n) is 7.16. The van der Waals surface area contributed by atoms with Gasteiger partial charge in [0.05, 0.1) is 6.61 Å². The second-order valence-corrected chi connectivity index (χ2v) is 2.61. The minimum absolute atomic E-state index is 0.106. The minimum Gasteiger partial charge on any atom is -0.361 e. The molecule has 1 aromatic rings. The van der Waals surface area contributed by atoms with Gasteiger partial charge in [0.15, 0.2) is 0 Å². The van der Waals surface area contributed by atoms with Crippen molar-refractivity contribution in [2.24, 2.45) is 0 Å². The lowest BCUT2D eigenvalue weighted by atomic mass is 10.2. The lowest BCUT2D eigenvalue weighted by Gasteiger charge is -2.05. The van der Waals surface area contributed by atoms with Gasteiger partial charge < -0.3 is 4.74 Å². The van der Waals surface area contributed by atoms with E-state index in [-0.39, 0.29) is 6.10 Å². The molecule has 1 nitrogen and oxygen atoms in total. The van der Waals surface area contributed by atoms with Crippen molar-refractivity contribution in [1.29, 1.82) is 0 Å². The number of rotatable bonds is 3. The van der Waals surface area contributed by atoms with E-state index in [1.807, 2.05) is 37.3 Å². The molecule has 0 aliphatic rings. The van der Waals surface area contributed by atoms with Gasteiger partial charge in [0, 0.05) is 0 Å². The van der Waals surface area contributed by atoms with E-state index in [9.17, 15) is 0 Å². The summed E-state index contributed by atoms with van der Waals surface area (Å²) in [5.41, 5.74) is 1.15. The lowest BCUT2D eigenvalue weighted by Crippen LogP contribution is -2.04. The molecule has 0 aromatic heterocycles. The summed E-state index contributed by atoms with van der Waals surface area (Å²) in [7, 11) is 0. The van der Waals surface area contributed by atoms with Crippen molar-refractivity contribution < 1.29 is 4.74 Å². The molecule has 1 aromatic carbocycles. The van der Waals surface area contributed by atoms with Crippen molar-refractivity contribution in [2.45, 2.75) is 19.6 Å². The molecule has 0 radical (unpaired) electrons. The first kappa shape index (κ1) is 8.83. The molecule has 1 unspecified atom stereocenters. The van der Waals surface area contributed by atoms with E-state index in [1.54, 1.807) is 0 Å². The molecule has 0 spiro atoms. The standard InChI is InChI=1S/C11H12O/c1-3-10(2)12-9-11-7-5-4-6-8-11/h1,4-8,10H,9H2,2H3. The normalized spacial score (nSPS) is 12.0. The third-order valence-electron chi connectivity index (χ3n) is 1.58. The summed E-state index contributed by atoms with van der Waals surface area (Å²) in [6.45, 7) is 2.45. The summed E-state index contributed by atoms with van der Waals surface area (Å²) in [6.07, 6.45) is 5.05. The molecule has 12 heavy (non-hydrogen) atoms. The van der Waals surface area contributed by atoms with Crippen molar-refractivity contribution in [3.8, 4) is 12.3 Å². The Morgan fingerprint density at radius 3 is 2.67 bits per heavy atom. The van der Waals surface area contributed by atoms with E-state index in [0.717, 1.165) is 5.56 Å². The average molecular weight is 160 g/mol. The number of benzene rings is 1. The first-order chi connectivity index (χ1) is 5.83. The van der Waals surface area contributed by atoms with Crippen LogP contribution in [-0.2, 0) is 11.3 Å². The quantitative estimate of drug-likeness (QED) is 0.616. The van der Waals surface area contributed by atoms with E-state index in [2.05, 4.69) is 5.92 Å². The van der Waals surface area contributed by atoms with Gasteiger partial charge >= 0.3 is 0 Å². The highest BCUT2D eigenvalue weighted by Crippen LogP contribution is 2.02. The Balaban J connectivity index is 2.40. The molecule has 0 heterocycles. The predicted octanol–water partition coefficient (Wildman–Crippen LogP) is 2.22. The van der Waals surface area contributed by atoms with Crippen LogP contribution in [0.2, 0.25) is 0 Å². The number of ether oxygens (including phenoxy) is 1. The van der Waals surface area contributed by atoms with Crippen LogP contribution in [-0.4, -0.2) is 6.10 Å². The Labute approximate surface area is 73.4 Å². The van der Waals surface area contributed by atoms with E-state index < -0.39 is 0 Å². The van der Waals surface area contributed by atoms with Crippen LogP contribution in [0.4, 0.5) is 0 Å². The molecule has 0 saturated carbocycles. The van der Waals surface area contributed by atoms with E-state index >= 15 is 0 Å². The molecule has 1 rings (SSSR count). The summed E-state index contributed by atoms with van der Waals surface area (Å²) in [6, 6.07) is 9.99. The van der Waals surface area contributed by atoms with E-state index in [1.165, 1.54) is 0 Å². The molecule has 62 valence electrons. The Morgan fingerprint density at radius 1 is 1.42 bits per heavy atom. The topological polar surface area (TPSA) is 9.23 Å². The molecular formula is C11H12O. The van der Waals surface area contributed by atoms with Gasteiger partial charge in [0.1, 0.15) is 6.10 Å². The molecule has 0 aliphatic carbocycles. The Hall–Kier alpha value is -1.26. The van der Waals surface area contributed by atoms with Gasteiger partial charge in [-0.3, -0.25) is 0 Å². The van der Waals surface area contributed by atoms with Crippen molar-refractivity contribution in [3.05, 3.63) is 35.9 Å². The fraction of sp³-hybridized carbons (Fsp3) is 0.273. The SMILES string of the molecule is C#CC(C)OCc1ccccc1. The summed E-state index contributed by atoms with van der Waals surface area (Å²) in [5, 5.41) is 0. The Kier molecular flexibility index (Phi) is 3.37. The van der Waals surface area contributed by atoms with Crippen molar-refractivity contribution >= 4 is 0 Å². The molecule has 0 fully saturated rings. The number of hydrogen-bond acceptors (Lipinski definition) is 1. The molecule has 0 amide bonds. The maximum Gasteiger partial charge on any atom is 0.115 e. The van der Waals surface area contributed by atoms with Gasteiger partial charge in [0.2, 0.25) is 0 Å². The maximum atomic E-state index is 5.34. The molecule has 0 bridgehead atoms. The van der Waals surface area contributed by atoms with Gasteiger partial charge in [-0.2, -0.15) is 0 Å². The zero-order valence-corrected chi connectivity index (χ0v) is 7.16. The smallest absolute Gasteiger partial charge is 0.115 e. The van der Waals surface area contributed by atoms with Crippen LogP contribution in [0.5, 0.6) is 0 Å². The number of terminal acetylenes is 1. The third-order valence-corrected chi connectivity index (χ3v) is 1.58. The van der Waals surface area contributed by atoms with E-state index in [4.69, 9.17) is 11.2 Å². The zero-order chi connectivity index (χ0) is 8.81. The van der Waals surface area contributed by atoms with Crippen molar-refractivity contribution in [1.82, 2.24) is 0 Å². The van der Waals surface area contributed by atoms with Gasteiger partial charge in [-0.25, -0.2) is 0 Å².